The molecule has 0 aliphatic carbocycles. The summed E-state index contributed by atoms with van der Waals surface area (Å²) >= 11 is 0. The molecule has 1 aliphatic heterocycles. The van der Waals surface area contributed by atoms with Crippen molar-refractivity contribution in [2.24, 2.45) is 0 Å². The van der Waals surface area contributed by atoms with Crippen LogP contribution in [-0.4, -0.2) is 37.7 Å². The molecule has 13 heavy (non-hydrogen) atoms. The van der Waals surface area contributed by atoms with E-state index in [0.717, 1.165) is 0 Å². The van der Waals surface area contributed by atoms with E-state index in [-0.39, 0.29) is 37.7 Å². The van der Waals surface area contributed by atoms with Gasteiger partial charge in [0.15, 0.2) is 0 Å². The van der Waals surface area contributed by atoms with Crippen molar-refractivity contribution in [3.05, 3.63) is 60.4 Å². The van der Waals surface area contributed by atoms with Crippen LogP contribution in [0.3, 0.4) is 0 Å². The van der Waals surface area contributed by atoms with E-state index in [1.807, 2.05) is 18.5 Å². The van der Waals surface area contributed by atoms with Crippen LogP contribution in [-0.2, 0) is 0 Å². The van der Waals surface area contributed by atoms with Gasteiger partial charge in [0.05, 0.1) is 0 Å². The zero-order valence-electron chi connectivity index (χ0n) is 6.77. The molecule has 0 saturated heterocycles. The Bertz CT molecular complexity index is 291. The Balaban J connectivity index is 0.000000845. The fourth-order valence-electron chi connectivity index (χ4n) is 1.34. The maximum atomic E-state index is 3.02. The standard InChI is InChI=1S/C11H11N.Ca.2H/c1-2-4-10(5-3-1)11-6-8-12-9-7-11;;;/h1-9,11-12H;;;. The van der Waals surface area contributed by atoms with Crippen molar-refractivity contribution in [3.63, 3.8) is 0 Å². The first-order valence-electron chi connectivity index (χ1n) is 4.11. The van der Waals surface area contributed by atoms with Crippen molar-refractivity contribution in [1.29, 1.82) is 0 Å². The first-order chi connectivity index (χ1) is 5.97. The molecule has 0 amide bonds. The Morgan fingerprint density at radius 2 is 1.54 bits per heavy atom. The molecular weight excluding hydrogens is 186 g/mol. The molecule has 0 bridgehead atoms. The third kappa shape index (κ3) is 2.87. The molecule has 0 spiro atoms. The van der Waals surface area contributed by atoms with Crippen molar-refractivity contribution in [1.82, 2.24) is 5.32 Å². The van der Waals surface area contributed by atoms with Crippen molar-refractivity contribution < 1.29 is 0 Å². The maximum absolute atomic E-state index is 3.02. The summed E-state index contributed by atoms with van der Waals surface area (Å²) in [5.41, 5.74) is 1.34. The van der Waals surface area contributed by atoms with Crippen molar-refractivity contribution in [3.8, 4) is 0 Å². The fraction of sp³-hybridized carbons (Fsp3) is 0.0909. The van der Waals surface area contributed by atoms with E-state index in [0.29, 0.717) is 5.92 Å². The van der Waals surface area contributed by atoms with Crippen LogP contribution in [0.25, 0.3) is 0 Å². The molecule has 1 aliphatic rings. The Hall–Kier alpha value is -0.240. The number of dihydropyridines is 1. The SMILES string of the molecule is C1=CC(c2ccccc2)C=CN1.[CaH2]. The number of hydrogen-bond acceptors (Lipinski definition) is 1. The fourth-order valence-corrected chi connectivity index (χ4v) is 1.34. The summed E-state index contributed by atoms with van der Waals surface area (Å²) in [5.74, 6) is 0.437. The van der Waals surface area contributed by atoms with Crippen molar-refractivity contribution in [2.45, 2.75) is 5.92 Å². The van der Waals surface area contributed by atoms with Crippen LogP contribution in [0.4, 0.5) is 0 Å². The van der Waals surface area contributed by atoms with Gasteiger partial charge in [-0.15, -0.1) is 0 Å². The predicted octanol–water partition coefficient (Wildman–Crippen LogP) is 1.48. The van der Waals surface area contributed by atoms with Gasteiger partial charge in [0.1, 0.15) is 0 Å². The van der Waals surface area contributed by atoms with Crippen LogP contribution in [0.1, 0.15) is 11.5 Å². The van der Waals surface area contributed by atoms with Gasteiger partial charge in [-0.3, -0.25) is 0 Å². The molecule has 0 unspecified atom stereocenters. The summed E-state index contributed by atoms with van der Waals surface area (Å²) in [5, 5.41) is 3.02. The van der Waals surface area contributed by atoms with Gasteiger partial charge in [-0.05, 0) is 18.0 Å². The minimum absolute atomic E-state index is 0. The van der Waals surface area contributed by atoms with Gasteiger partial charge in [0, 0.05) is 5.92 Å². The van der Waals surface area contributed by atoms with Crippen molar-refractivity contribution in [2.75, 3.05) is 0 Å². The molecule has 0 radical (unpaired) electrons. The second-order valence-electron chi connectivity index (χ2n) is 2.82. The normalized spacial score (nSPS) is 14.8. The van der Waals surface area contributed by atoms with E-state index in [1.165, 1.54) is 5.56 Å². The number of benzene rings is 1. The summed E-state index contributed by atoms with van der Waals surface area (Å²) in [6.45, 7) is 0. The van der Waals surface area contributed by atoms with E-state index in [4.69, 9.17) is 0 Å². The summed E-state index contributed by atoms with van der Waals surface area (Å²) < 4.78 is 0. The van der Waals surface area contributed by atoms with E-state index >= 15 is 0 Å². The monoisotopic (exact) mass is 199 g/mol. The van der Waals surface area contributed by atoms with Gasteiger partial charge in [0.2, 0.25) is 0 Å². The number of allylic oxidation sites excluding steroid dienone is 2. The number of hydrogen-bond donors (Lipinski definition) is 1. The molecule has 2 heteroatoms. The predicted molar refractivity (Wildman–Crippen MR) is 59.1 cm³/mol. The molecule has 2 rings (SSSR count). The van der Waals surface area contributed by atoms with Crippen LogP contribution in [0, 0.1) is 0 Å². The summed E-state index contributed by atoms with van der Waals surface area (Å²) in [6, 6.07) is 10.5. The average Bonchev–Trinajstić information content (AvgIpc) is 2.21. The molecule has 0 atom stereocenters. The van der Waals surface area contributed by atoms with E-state index < -0.39 is 0 Å². The van der Waals surface area contributed by atoms with Gasteiger partial charge >= 0.3 is 37.7 Å². The average molecular weight is 199 g/mol. The van der Waals surface area contributed by atoms with Crippen LogP contribution < -0.4 is 5.32 Å². The molecule has 1 N–H and O–H groups in total. The molecule has 64 valence electrons. The summed E-state index contributed by atoms with van der Waals surface area (Å²) in [7, 11) is 0. The Labute approximate surface area is 109 Å². The minimum atomic E-state index is 0. The molecule has 0 saturated carbocycles. The van der Waals surface area contributed by atoms with Gasteiger partial charge in [0.25, 0.3) is 0 Å². The number of nitrogens with one attached hydrogen (secondary N) is 1. The molecule has 0 fully saturated rings. The van der Waals surface area contributed by atoms with E-state index in [9.17, 15) is 0 Å². The van der Waals surface area contributed by atoms with Crippen LogP contribution in [0.5, 0.6) is 0 Å². The first kappa shape index (κ1) is 10.8. The Morgan fingerprint density at radius 1 is 0.923 bits per heavy atom. The Kier molecular flexibility index (Phi) is 4.57. The molecule has 0 aromatic heterocycles. The summed E-state index contributed by atoms with van der Waals surface area (Å²) in [6.07, 6.45) is 8.24. The van der Waals surface area contributed by atoms with Gasteiger partial charge < -0.3 is 5.32 Å². The molecule has 1 aromatic rings. The first-order valence-corrected chi connectivity index (χ1v) is 4.11. The van der Waals surface area contributed by atoms with Gasteiger partial charge in [-0.1, -0.05) is 42.5 Å². The quantitative estimate of drug-likeness (QED) is 0.676. The van der Waals surface area contributed by atoms with Gasteiger partial charge in [-0.25, -0.2) is 0 Å². The Morgan fingerprint density at radius 3 is 2.15 bits per heavy atom. The molecule has 1 aromatic carbocycles. The van der Waals surface area contributed by atoms with Crippen LogP contribution in [0.15, 0.2) is 54.9 Å². The van der Waals surface area contributed by atoms with Crippen LogP contribution >= 0.6 is 0 Å². The molecule has 1 heterocycles. The molecular formula is C11H13CaN. The van der Waals surface area contributed by atoms with Crippen molar-refractivity contribution >= 4 is 37.7 Å². The second-order valence-corrected chi connectivity index (χ2v) is 2.82. The zero-order valence-corrected chi connectivity index (χ0v) is 6.77. The topological polar surface area (TPSA) is 12.0 Å². The molecule has 1 nitrogen and oxygen atoms in total. The van der Waals surface area contributed by atoms with Gasteiger partial charge in [-0.2, -0.15) is 0 Å². The van der Waals surface area contributed by atoms with E-state index in [1.54, 1.807) is 0 Å². The third-order valence-corrected chi connectivity index (χ3v) is 1.98. The van der Waals surface area contributed by atoms with E-state index in [2.05, 4.69) is 41.7 Å². The van der Waals surface area contributed by atoms with Crippen LogP contribution in [0.2, 0.25) is 0 Å². The third-order valence-electron chi connectivity index (χ3n) is 1.98. The number of rotatable bonds is 1. The summed E-state index contributed by atoms with van der Waals surface area (Å²) in [4.78, 5) is 0. The zero-order chi connectivity index (χ0) is 8.23. The second kappa shape index (κ2) is 5.48.